The molecule has 1 aliphatic rings. The van der Waals surface area contributed by atoms with E-state index in [0.717, 1.165) is 17.1 Å². The maximum Gasteiger partial charge on any atom is 0.0471 e. The maximum atomic E-state index is 2.46. The Kier molecular flexibility index (Phi) is 8.32. The lowest BCUT2D eigenvalue weighted by molar-refractivity contribution is 0.590. The highest BCUT2D eigenvalue weighted by Gasteiger charge is 2.38. The van der Waals surface area contributed by atoms with E-state index in [2.05, 4.69) is 222 Å². The molecular weight excluding hydrogens is 707 g/mol. The highest BCUT2D eigenvalue weighted by molar-refractivity contribution is 7.26. The number of rotatable bonds is 6. The average molecular weight is 752 g/mol. The van der Waals surface area contributed by atoms with Crippen molar-refractivity contribution in [2.75, 3.05) is 4.90 Å². The average Bonchev–Trinajstić information content (AvgIpc) is 3.73. The van der Waals surface area contributed by atoms with Crippen LogP contribution in [-0.4, -0.2) is 0 Å². The number of para-hydroxylation sites is 1. The molecule has 10 rings (SSSR count). The van der Waals surface area contributed by atoms with Crippen LogP contribution in [0, 0.1) is 0 Å². The van der Waals surface area contributed by atoms with E-state index in [0.29, 0.717) is 0 Å². The second kappa shape index (κ2) is 13.5. The van der Waals surface area contributed by atoms with Gasteiger partial charge in [-0.05, 0) is 115 Å². The lowest BCUT2D eigenvalue weighted by Gasteiger charge is -2.29. The van der Waals surface area contributed by atoms with Gasteiger partial charge in [-0.3, -0.25) is 0 Å². The minimum atomic E-state index is -0.164. The summed E-state index contributed by atoms with van der Waals surface area (Å²) in [5.74, 6) is 0. The quantitative estimate of drug-likeness (QED) is 0.164. The summed E-state index contributed by atoms with van der Waals surface area (Å²) in [6.45, 7) is 11.6. The number of thiophene rings is 1. The first-order chi connectivity index (χ1) is 27.6. The van der Waals surface area contributed by atoms with Crippen LogP contribution >= 0.6 is 11.3 Å². The minimum Gasteiger partial charge on any atom is -0.310 e. The SMILES string of the molecule is CC(C)(C)c1ccc(-c2cc(N(c3ccccc3)c3cccc(-c4cccc5sc6cc(-c7ccccc7)ccc6c45)c3)cc3c2-c2ccccc2C3(C)C)cc1. The summed E-state index contributed by atoms with van der Waals surface area (Å²) in [5, 5.41) is 2.62. The zero-order valence-corrected chi connectivity index (χ0v) is 34.0. The van der Waals surface area contributed by atoms with E-state index in [-0.39, 0.29) is 10.8 Å². The molecule has 276 valence electrons. The Hall–Kier alpha value is -6.22. The molecule has 1 nitrogen and oxygen atoms in total. The van der Waals surface area contributed by atoms with E-state index in [1.807, 2.05) is 11.3 Å². The van der Waals surface area contributed by atoms with Crippen molar-refractivity contribution < 1.29 is 0 Å². The van der Waals surface area contributed by atoms with Crippen molar-refractivity contribution in [1.82, 2.24) is 0 Å². The summed E-state index contributed by atoms with van der Waals surface area (Å²) in [4.78, 5) is 2.45. The lowest BCUT2D eigenvalue weighted by Crippen LogP contribution is -2.17. The van der Waals surface area contributed by atoms with Gasteiger partial charge in [-0.25, -0.2) is 0 Å². The summed E-state index contributed by atoms with van der Waals surface area (Å²) >= 11 is 1.88. The summed E-state index contributed by atoms with van der Waals surface area (Å²) in [6, 6.07) is 67.6. The Balaban J connectivity index is 1.16. The predicted molar refractivity (Wildman–Crippen MR) is 247 cm³/mol. The molecule has 0 fully saturated rings. The minimum absolute atomic E-state index is 0.0801. The van der Waals surface area contributed by atoms with E-state index in [1.165, 1.54) is 81.4 Å². The molecule has 1 heterocycles. The van der Waals surface area contributed by atoms with Gasteiger partial charge in [-0.15, -0.1) is 11.3 Å². The van der Waals surface area contributed by atoms with Crippen LogP contribution in [0.25, 0.3) is 64.7 Å². The molecule has 0 N–H and O–H groups in total. The van der Waals surface area contributed by atoms with E-state index >= 15 is 0 Å². The Labute approximate surface area is 340 Å². The molecule has 1 aliphatic carbocycles. The molecule has 57 heavy (non-hydrogen) atoms. The molecule has 0 amide bonds. The van der Waals surface area contributed by atoms with Crippen molar-refractivity contribution in [3.63, 3.8) is 0 Å². The van der Waals surface area contributed by atoms with Gasteiger partial charge in [0.15, 0.2) is 0 Å². The Morgan fingerprint density at radius 3 is 1.86 bits per heavy atom. The van der Waals surface area contributed by atoms with Gasteiger partial charge >= 0.3 is 0 Å². The topological polar surface area (TPSA) is 3.24 Å². The molecular formula is C55H45NS. The van der Waals surface area contributed by atoms with E-state index in [9.17, 15) is 0 Å². The summed E-state index contributed by atoms with van der Waals surface area (Å²) < 4.78 is 2.62. The van der Waals surface area contributed by atoms with Crippen LogP contribution in [0.4, 0.5) is 17.1 Å². The number of anilines is 3. The number of hydrogen-bond donors (Lipinski definition) is 0. The van der Waals surface area contributed by atoms with E-state index in [1.54, 1.807) is 0 Å². The standard InChI is InChI=1S/C55H45NS/c1-54(2,3)40-29-26-37(27-30-40)47-34-43(35-49-52(47)45-22-12-13-24-48(45)55(49,4)5)56(41-19-10-7-11-20-41)42-21-14-18-39(32-42)44-23-15-25-50-53(44)46-31-28-38(33-51(46)57-50)36-16-8-6-9-17-36/h6-35H,1-5H3. The zero-order chi connectivity index (χ0) is 38.9. The van der Waals surface area contributed by atoms with Crippen molar-refractivity contribution in [3.8, 4) is 44.5 Å². The summed E-state index contributed by atoms with van der Waals surface area (Å²) in [5.41, 5.74) is 17.5. The van der Waals surface area contributed by atoms with Crippen LogP contribution < -0.4 is 4.90 Å². The van der Waals surface area contributed by atoms with Gasteiger partial charge < -0.3 is 4.90 Å². The van der Waals surface area contributed by atoms with E-state index in [4.69, 9.17) is 0 Å². The molecule has 0 saturated heterocycles. The van der Waals surface area contributed by atoms with Gasteiger partial charge in [0.05, 0.1) is 0 Å². The van der Waals surface area contributed by atoms with Crippen molar-refractivity contribution >= 4 is 48.6 Å². The third-order valence-corrected chi connectivity index (χ3v) is 13.1. The molecule has 9 aromatic rings. The highest BCUT2D eigenvalue weighted by atomic mass is 32.1. The molecule has 8 aromatic carbocycles. The first-order valence-electron chi connectivity index (χ1n) is 20.0. The molecule has 1 aromatic heterocycles. The number of benzene rings is 8. The van der Waals surface area contributed by atoms with Crippen molar-refractivity contribution in [3.05, 3.63) is 199 Å². The Morgan fingerprint density at radius 2 is 1.09 bits per heavy atom. The first kappa shape index (κ1) is 35.2. The molecule has 0 radical (unpaired) electrons. The maximum absolute atomic E-state index is 2.46. The van der Waals surface area contributed by atoms with Crippen LogP contribution in [0.5, 0.6) is 0 Å². The number of fused-ring (bicyclic) bond motifs is 6. The number of hydrogen-bond acceptors (Lipinski definition) is 2. The molecule has 0 bridgehead atoms. The predicted octanol–water partition coefficient (Wildman–Crippen LogP) is 16.1. The third-order valence-electron chi connectivity index (χ3n) is 12.0. The zero-order valence-electron chi connectivity index (χ0n) is 33.2. The van der Waals surface area contributed by atoms with Crippen LogP contribution in [0.2, 0.25) is 0 Å². The highest BCUT2D eigenvalue weighted by Crippen LogP contribution is 2.55. The van der Waals surface area contributed by atoms with Gasteiger partial charge in [0.2, 0.25) is 0 Å². The summed E-state index contributed by atoms with van der Waals surface area (Å²) in [6.07, 6.45) is 0. The smallest absolute Gasteiger partial charge is 0.0471 e. The van der Waals surface area contributed by atoms with Crippen molar-refractivity contribution in [2.24, 2.45) is 0 Å². The van der Waals surface area contributed by atoms with Gasteiger partial charge in [-0.2, -0.15) is 0 Å². The second-order valence-electron chi connectivity index (χ2n) is 17.0. The largest absolute Gasteiger partial charge is 0.310 e. The Bertz CT molecular complexity index is 2940. The fraction of sp³-hybridized carbons (Fsp3) is 0.127. The molecule has 0 unspecified atom stereocenters. The third kappa shape index (κ3) is 5.99. The molecule has 0 saturated carbocycles. The second-order valence-corrected chi connectivity index (χ2v) is 18.1. The normalized spacial score (nSPS) is 13.1. The fourth-order valence-corrected chi connectivity index (χ4v) is 10.2. The summed E-state index contributed by atoms with van der Waals surface area (Å²) in [7, 11) is 0. The molecule has 0 spiro atoms. The number of nitrogens with zero attached hydrogens (tertiary/aromatic N) is 1. The van der Waals surface area contributed by atoms with Crippen LogP contribution in [0.1, 0.15) is 51.3 Å². The molecule has 2 heteroatoms. The Morgan fingerprint density at radius 1 is 0.439 bits per heavy atom. The van der Waals surface area contributed by atoms with Crippen LogP contribution in [0.15, 0.2) is 182 Å². The van der Waals surface area contributed by atoms with Crippen LogP contribution in [0.3, 0.4) is 0 Å². The van der Waals surface area contributed by atoms with E-state index < -0.39 is 0 Å². The first-order valence-corrected chi connectivity index (χ1v) is 20.8. The monoisotopic (exact) mass is 751 g/mol. The molecule has 0 atom stereocenters. The van der Waals surface area contributed by atoms with Crippen molar-refractivity contribution in [1.29, 1.82) is 0 Å². The van der Waals surface area contributed by atoms with Crippen LogP contribution in [-0.2, 0) is 10.8 Å². The van der Waals surface area contributed by atoms with Gasteiger partial charge in [-0.1, -0.05) is 168 Å². The van der Waals surface area contributed by atoms with Crippen molar-refractivity contribution in [2.45, 2.75) is 45.4 Å². The van der Waals surface area contributed by atoms with Gasteiger partial charge in [0.1, 0.15) is 0 Å². The fourth-order valence-electron chi connectivity index (χ4n) is 9.02. The molecule has 0 aliphatic heterocycles. The van der Waals surface area contributed by atoms with Gasteiger partial charge in [0.25, 0.3) is 0 Å². The van der Waals surface area contributed by atoms with Gasteiger partial charge in [0, 0.05) is 42.6 Å². The lowest BCUT2D eigenvalue weighted by atomic mass is 9.81.